The number of nitrogens with zero attached hydrogens (tertiary/aromatic N) is 5. The van der Waals surface area contributed by atoms with Crippen molar-refractivity contribution < 1.29 is 4.92 Å². The largest absolute Gasteiger partial charge is 0.324 e. The molecule has 3 aromatic carbocycles. The van der Waals surface area contributed by atoms with Gasteiger partial charge in [-0.25, -0.2) is 5.43 Å². The van der Waals surface area contributed by atoms with Gasteiger partial charge in [0.25, 0.3) is 5.69 Å². The summed E-state index contributed by atoms with van der Waals surface area (Å²) in [6.07, 6.45) is 1.34. The summed E-state index contributed by atoms with van der Waals surface area (Å²) in [6.45, 7) is 0. The first kappa shape index (κ1) is 20.4. The number of hydrogen-bond acceptors (Lipinski definition) is 9. The van der Waals surface area contributed by atoms with E-state index in [1.54, 1.807) is 18.2 Å². The number of aromatic nitrogens is 3. The van der Waals surface area contributed by atoms with Crippen LogP contribution in [-0.4, -0.2) is 26.1 Å². The summed E-state index contributed by atoms with van der Waals surface area (Å²) >= 11 is 0. The van der Waals surface area contributed by atoms with E-state index in [-0.39, 0.29) is 11.6 Å². The van der Waals surface area contributed by atoms with Gasteiger partial charge >= 0.3 is 0 Å². The molecule has 10 nitrogen and oxygen atoms in total. The Labute approximate surface area is 183 Å². The highest BCUT2D eigenvalue weighted by Crippen LogP contribution is 2.19. The van der Waals surface area contributed by atoms with E-state index >= 15 is 0 Å². The average molecular weight is 426 g/mol. The van der Waals surface area contributed by atoms with Gasteiger partial charge < -0.3 is 10.6 Å². The van der Waals surface area contributed by atoms with Gasteiger partial charge in [0, 0.05) is 17.4 Å². The molecular weight excluding hydrogens is 408 g/mol. The lowest BCUT2D eigenvalue weighted by Gasteiger charge is -2.10. The Morgan fingerprint density at radius 2 is 1.22 bits per heavy atom. The summed E-state index contributed by atoms with van der Waals surface area (Å²) in [7, 11) is 0. The van der Waals surface area contributed by atoms with Crippen LogP contribution in [0.1, 0.15) is 5.56 Å². The molecule has 4 aromatic rings. The lowest BCUT2D eigenvalue weighted by molar-refractivity contribution is -0.385. The number of nitro groups is 1. The second kappa shape index (κ2) is 9.76. The van der Waals surface area contributed by atoms with E-state index in [2.05, 4.69) is 36.1 Å². The van der Waals surface area contributed by atoms with E-state index in [1.807, 2.05) is 60.7 Å². The van der Waals surface area contributed by atoms with Crippen LogP contribution >= 0.6 is 0 Å². The summed E-state index contributed by atoms with van der Waals surface area (Å²) in [6, 6.07) is 25.2. The molecule has 32 heavy (non-hydrogen) atoms. The van der Waals surface area contributed by atoms with Gasteiger partial charge in [-0.05, 0) is 30.3 Å². The first-order chi connectivity index (χ1) is 15.7. The molecule has 0 fully saturated rings. The molecule has 4 rings (SSSR count). The molecule has 0 atom stereocenters. The molecule has 158 valence electrons. The molecular formula is C22H18N8O2. The van der Waals surface area contributed by atoms with E-state index in [0.29, 0.717) is 17.5 Å². The van der Waals surface area contributed by atoms with Crippen molar-refractivity contribution in [3.05, 3.63) is 101 Å². The van der Waals surface area contributed by atoms with Gasteiger partial charge in [-0.1, -0.05) is 48.5 Å². The highest BCUT2D eigenvalue weighted by molar-refractivity contribution is 5.85. The molecule has 0 bridgehead atoms. The maximum absolute atomic E-state index is 11.2. The molecule has 1 aromatic heterocycles. The minimum absolute atomic E-state index is 0.0495. The zero-order valence-corrected chi connectivity index (χ0v) is 16.7. The zero-order valence-electron chi connectivity index (χ0n) is 16.7. The molecule has 0 radical (unpaired) electrons. The van der Waals surface area contributed by atoms with Gasteiger partial charge in [-0.3, -0.25) is 10.1 Å². The monoisotopic (exact) mass is 426 g/mol. The summed E-state index contributed by atoms with van der Waals surface area (Å²) in [5.74, 6) is 0.757. The fourth-order valence-electron chi connectivity index (χ4n) is 2.76. The molecule has 3 N–H and O–H groups in total. The van der Waals surface area contributed by atoms with Crippen molar-refractivity contribution in [2.45, 2.75) is 0 Å². The van der Waals surface area contributed by atoms with Crippen LogP contribution in [0.5, 0.6) is 0 Å². The lowest BCUT2D eigenvalue weighted by atomic mass is 10.2. The van der Waals surface area contributed by atoms with Crippen LogP contribution in [0.25, 0.3) is 0 Å². The van der Waals surface area contributed by atoms with E-state index in [9.17, 15) is 10.1 Å². The molecule has 0 saturated heterocycles. The van der Waals surface area contributed by atoms with Gasteiger partial charge in [-0.2, -0.15) is 20.1 Å². The Morgan fingerprint density at radius 3 is 1.78 bits per heavy atom. The normalized spacial score (nSPS) is 10.6. The number of nitrogens with one attached hydrogen (secondary N) is 3. The van der Waals surface area contributed by atoms with Gasteiger partial charge in [0.1, 0.15) is 0 Å². The second-order valence-electron chi connectivity index (χ2n) is 6.47. The van der Waals surface area contributed by atoms with Crippen molar-refractivity contribution in [3.63, 3.8) is 0 Å². The molecule has 0 spiro atoms. The fraction of sp³-hybridized carbons (Fsp3) is 0. The molecule has 0 aliphatic heterocycles. The predicted octanol–water partition coefficient (Wildman–Crippen LogP) is 4.71. The highest BCUT2D eigenvalue weighted by Gasteiger charge is 2.11. The molecule has 0 aliphatic rings. The van der Waals surface area contributed by atoms with Crippen LogP contribution in [0.2, 0.25) is 0 Å². The number of rotatable bonds is 8. The summed E-state index contributed by atoms with van der Waals surface area (Å²) in [5, 5.41) is 21.5. The van der Waals surface area contributed by atoms with E-state index in [0.717, 1.165) is 11.4 Å². The number of nitro benzene ring substituents is 1. The highest BCUT2D eigenvalue weighted by atomic mass is 16.6. The minimum atomic E-state index is -0.464. The second-order valence-corrected chi connectivity index (χ2v) is 6.47. The van der Waals surface area contributed by atoms with E-state index in [4.69, 9.17) is 0 Å². The van der Waals surface area contributed by atoms with E-state index in [1.165, 1.54) is 12.3 Å². The van der Waals surface area contributed by atoms with Crippen molar-refractivity contribution >= 4 is 41.1 Å². The molecule has 0 amide bonds. The minimum Gasteiger partial charge on any atom is -0.324 e. The van der Waals surface area contributed by atoms with Crippen molar-refractivity contribution in [3.8, 4) is 0 Å². The summed E-state index contributed by atoms with van der Waals surface area (Å²) < 4.78 is 0. The molecule has 1 heterocycles. The molecule has 0 unspecified atom stereocenters. The maximum atomic E-state index is 11.2. The van der Waals surface area contributed by atoms with Gasteiger partial charge in [-0.15, -0.1) is 0 Å². The van der Waals surface area contributed by atoms with Gasteiger partial charge in [0.15, 0.2) is 0 Å². The quantitative estimate of drug-likeness (QED) is 0.210. The Balaban J connectivity index is 1.59. The fourth-order valence-corrected chi connectivity index (χ4v) is 2.76. The smallest absolute Gasteiger partial charge is 0.278 e. The number of anilines is 5. The predicted molar refractivity (Wildman–Crippen MR) is 124 cm³/mol. The van der Waals surface area contributed by atoms with Crippen molar-refractivity contribution in [1.29, 1.82) is 0 Å². The summed E-state index contributed by atoms with van der Waals surface area (Å²) in [4.78, 5) is 23.8. The third-order valence-electron chi connectivity index (χ3n) is 4.20. The third kappa shape index (κ3) is 5.39. The van der Waals surface area contributed by atoms with Crippen LogP contribution < -0.4 is 16.1 Å². The number of hydrazone groups is 1. The molecule has 0 saturated carbocycles. The van der Waals surface area contributed by atoms with Crippen LogP contribution in [0, 0.1) is 10.1 Å². The molecule has 10 heteroatoms. The number of benzene rings is 3. The van der Waals surface area contributed by atoms with Gasteiger partial charge in [0.05, 0.1) is 16.7 Å². The Bertz CT molecular complexity index is 1170. The number of hydrogen-bond donors (Lipinski definition) is 3. The van der Waals surface area contributed by atoms with Gasteiger partial charge in [0.2, 0.25) is 17.8 Å². The SMILES string of the molecule is O=[N+]([O-])c1ccccc1/C=N/Nc1nc(Nc2ccccc2)nc(Nc2ccccc2)n1. The Morgan fingerprint density at radius 1 is 0.719 bits per heavy atom. The van der Waals surface area contributed by atoms with E-state index < -0.39 is 4.92 Å². The Hall–Kier alpha value is -4.86. The van der Waals surface area contributed by atoms with Crippen molar-refractivity contribution in [2.24, 2.45) is 5.10 Å². The molecule has 0 aliphatic carbocycles. The van der Waals surface area contributed by atoms with Crippen molar-refractivity contribution in [2.75, 3.05) is 16.1 Å². The average Bonchev–Trinajstić information content (AvgIpc) is 2.80. The van der Waals surface area contributed by atoms with Crippen LogP contribution in [0.4, 0.5) is 34.9 Å². The van der Waals surface area contributed by atoms with Crippen LogP contribution in [0.3, 0.4) is 0 Å². The zero-order chi connectivity index (χ0) is 22.2. The standard InChI is InChI=1S/C22H18N8O2/c31-30(32)19-14-8-7-9-16(19)15-23-29-22-27-20(24-17-10-3-1-4-11-17)26-21(28-22)25-18-12-5-2-6-13-18/h1-15H,(H3,24,25,26,27,28,29)/b23-15+. The maximum Gasteiger partial charge on any atom is 0.278 e. The topological polar surface area (TPSA) is 130 Å². The first-order valence-corrected chi connectivity index (χ1v) is 9.60. The van der Waals surface area contributed by atoms with Crippen LogP contribution in [0.15, 0.2) is 90.0 Å². The summed E-state index contributed by atoms with van der Waals surface area (Å²) in [5.41, 5.74) is 4.63. The third-order valence-corrected chi connectivity index (χ3v) is 4.20. The Kier molecular flexibility index (Phi) is 6.23. The van der Waals surface area contributed by atoms with Crippen LogP contribution in [-0.2, 0) is 0 Å². The lowest BCUT2D eigenvalue weighted by Crippen LogP contribution is -2.07. The number of para-hydroxylation sites is 3. The first-order valence-electron chi connectivity index (χ1n) is 9.60. The van der Waals surface area contributed by atoms with Crippen molar-refractivity contribution in [1.82, 2.24) is 15.0 Å².